The molecule has 0 bridgehead atoms. The lowest BCUT2D eigenvalue weighted by atomic mass is 10.0. The Kier molecular flexibility index (Phi) is 3.19. The Balaban J connectivity index is 2.48. The Morgan fingerprint density at radius 1 is 1.06 bits per heavy atom. The standard InChI is InChI=1S/C14H13NO2/c1-10(15-17-11(2)16)13-9-5-7-12-6-3-4-8-14(12)13/h3-9H,1-2H3. The second kappa shape index (κ2) is 4.78. The minimum Gasteiger partial charge on any atom is -0.318 e. The number of fused-ring (bicyclic) bond motifs is 1. The van der Waals surface area contributed by atoms with E-state index in [-0.39, 0.29) is 0 Å². The fraction of sp³-hybridized carbons (Fsp3) is 0.143. The van der Waals surface area contributed by atoms with Gasteiger partial charge in [-0.2, -0.15) is 0 Å². The van der Waals surface area contributed by atoms with Gasteiger partial charge in [-0.05, 0) is 17.7 Å². The van der Waals surface area contributed by atoms with Crippen molar-refractivity contribution in [3.63, 3.8) is 0 Å². The molecule has 0 amide bonds. The topological polar surface area (TPSA) is 38.7 Å². The van der Waals surface area contributed by atoms with Gasteiger partial charge in [0.05, 0.1) is 5.71 Å². The van der Waals surface area contributed by atoms with E-state index >= 15 is 0 Å². The van der Waals surface area contributed by atoms with Crippen molar-refractivity contribution in [2.45, 2.75) is 13.8 Å². The zero-order chi connectivity index (χ0) is 12.3. The van der Waals surface area contributed by atoms with Crippen LogP contribution in [-0.4, -0.2) is 11.7 Å². The predicted octanol–water partition coefficient (Wildman–Crippen LogP) is 3.13. The second-order valence-electron chi connectivity index (χ2n) is 3.79. The fourth-order valence-corrected chi connectivity index (χ4v) is 1.72. The van der Waals surface area contributed by atoms with Gasteiger partial charge in [-0.15, -0.1) is 0 Å². The van der Waals surface area contributed by atoms with Crippen LogP contribution in [-0.2, 0) is 9.63 Å². The smallest absolute Gasteiger partial charge is 0.318 e. The summed E-state index contributed by atoms with van der Waals surface area (Å²) in [5.41, 5.74) is 1.67. The summed E-state index contributed by atoms with van der Waals surface area (Å²) in [6.07, 6.45) is 0. The first kappa shape index (κ1) is 11.3. The highest BCUT2D eigenvalue weighted by Gasteiger charge is 2.04. The van der Waals surface area contributed by atoms with Gasteiger partial charge < -0.3 is 4.84 Å². The molecule has 2 aromatic carbocycles. The van der Waals surface area contributed by atoms with Crippen LogP contribution in [0.5, 0.6) is 0 Å². The molecule has 3 heteroatoms. The molecule has 0 unspecified atom stereocenters. The Bertz CT molecular complexity index is 582. The molecule has 17 heavy (non-hydrogen) atoms. The van der Waals surface area contributed by atoms with Crippen molar-refractivity contribution >= 4 is 22.5 Å². The predicted molar refractivity (Wildman–Crippen MR) is 67.9 cm³/mol. The molecular formula is C14H13NO2. The molecule has 0 fully saturated rings. The van der Waals surface area contributed by atoms with Crippen molar-refractivity contribution in [2.24, 2.45) is 5.16 Å². The molecule has 2 rings (SSSR count). The maximum atomic E-state index is 10.7. The number of carbonyl (C=O) groups excluding carboxylic acids is 1. The lowest BCUT2D eigenvalue weighted by Gasteiger charge is -2.05. The highest BCUT2D eigenvalue weighted by molar-refractivity contribution is 6.09. The SMILES string of the molecule is CC(=O)ON=C(C)c1cccc2ccccc12. The first-order valence-electron chi connectivity index (χ1n) is 5.39. The van der Waals surface area contributed by atoms with Crippen LogP contribution in [0.15, 0.2) is 47.6 Å². The summed E-state index contributed by atoms with van der Waals surface area (Å²) in [4.78, 5) is 15.4. The van der Waals surface area contributed by atoms with E-state index in [2.05, 4.69) is 9.99 Å². The quantitative estimate of drug-likeness (QED) is 0.449. The molecule has 0 aliphatic heterocycles. The zero-order valence-corrected chi connectivity index (χ0v) is 9.81. The molecule has 0 saturated heterocycles. The molecule has 3 nitrogen and oxygen atoms in total. The van der Waals surface area contributed by atoms with E-state index in [1.807, 2.05) is 49.4 Å². The fourth-order valence-electron chi connectivity index (χ4n) is 1.72. The summed E-state index contributed by atoms with van der Waals surface area (Å²) in [5.74, 6) is -0.412. The second-order valence-corrected chi connectivity index (χ2v) is 3.79. The number of benzene rings is 2. The first-order valence-corrected chi connectivity index (χ1v) is 5.39. The number of carbonyl (C=O) groups is 1. The number of nitrogens with zero attached hydrogens (tertiary/aromatic N) is 1. The number of oxime groups is 1. The van der Waals surface area contributed by atoms with Crippen molar-refractivity contribution in [3.8, 4) is 0 Å². The molecule has 0 N–H and O–H groups in total. The van der Waals surface area contributed by atoms with Crippen LogP contribution in [0.2, 0.25) is 0 Å². The third-order valence-electron chi connectivity index (χ3n) is 2.49. The maximum absolute atomic E-state index is 10.7. The molecule has 0 radical (unpaired) electrons. The highest BCUT2D eigenvalue weighted by atomic mass is 16.7. The molecule has 2 aromatic rings. The molecule has 0 aromatic heterocycles. The van der Waals surface area contributed by atoms with Gasteiger partial charge in [0.15, 0.2) is 0 Å². The van der Waals surface area contributed by atoms with Crippen LogP contribution in [0.25, 0.3) is 10.8 Å². The van der Waals surface area contributed by atoms with Crippen molar-refractivity contribution in [1.82, 2.24) is 0 Å². The van der Waals surface area contributed by atoms with Gasteiger partial charge in [0, 0.05) is 12.5 Å². The van der Waals surface area contributed by atoms with E-state index in [1.54, 1.807) is 0 Å². The van der Waals surface area contributed by atoms with Gasteiger partial charge in [-0.1, -0.05) is 47.6 Å². The van der Waals surface area contributed by atoms with Gasteiger partial charge in [0.2, 0.25) is 0 Å². The Hall–Kier alpha value is -2.16. The van der Waals surface area contributed by atoms with Crippen LogP contribution in [0, 0.1) is 0 Å². The molecular weight excluding hydrogens is 214 g/mol. The monoisotopic (exact) mass is 227 g/mol. The number of hydrogen-bond acceptors (Lipinski definition) is 3. The summed E-state index contributed by atoms with van der Waals surface area (Å²) in [5, 5.41) is 6.05. The van der Waals surface area contributed by atoms with E-state index in [0.29, 0.717) is 5.71 Å². The Morgan fingerprint density at radius 3 is 2.53 bits per heavy atom. The third kappa shape index (κ3) is 2.50. The number of hydrogen-bond donors (Lipinski definition) is 0. The molecule has 0 saturated carbocycles. The van der Waals surface area contributed by atoms with Crippen LogP contribution in [0.3, 0.4) is 0 Å². The normalized spacial score (nSPS) is 11.5. The average molecular weight is 227 g/mol. The summed E-state index contributed by atoms with van der Waals surface area (Å²) < 4.78 is 0. The van der Waals surface area contributed by atoms with Crippen molar-refractivity contribution < 1.29 is 9.63 Å². The number of rotatable bonds is 2. The molecule has 0 spiro atoms. The summed E-state index contributed by atoms with van der Waals surface area (Å²) in [7, 11) is 0. The van der Waals surface area contributed by atoms with Gasteiger partial charge in [0.1, 0.15) is 0 Å². The lowest BCUT2D eigenvalue weighted by Crippen LogP contribution is -2.00. The van der Waals surface area contributed by atoms with E-state index < -0.39 is 5.97 Å². The van der Waals surface area contributed by atoms with E-state index in [0.717, 1.165) is 16.3 Å². The third-order valence-corrected chi connectivity index (χ3v) is 2.49. The maximum Gasteiger partial charge on any atom is 0.331 e. The van der Waals surface area contributed by atoms with Crippen LogP contribution < -0.4 is 0 Å². The molecule has 86 valence electrons. The molecule has 0 aliphatic rings. The van der Waals surface area contributed by atoms with Gasteiger partial charge in [-0.3, -0.25) is 0 Å². The largest absolute Gasteiger partial charge is 0.331 e. The summed E-state index contributed by atoms with van der Waals surface area (Å²) >= 11 is 0. The minimum absolute atomic E-state index is 0.412. The summed E-state index contributed by atoms with van der Waals surface area (Å²) in [6, 6.07) is 14.0. The molecule has 0 heterocycles. The Morgan fingerprint density at radius 2 is 1.76 bits per heavy atom. The van der Waals surface area contributed by atoms with Crippen molar-refractivity contribution in [3.05, 3.63) is 48.0 Å². The van der Waals surface area contributed by atoms with Gasteiger partial charge >= 0.3 is 5.97 Å². The van der Waals surface area contributed by atoms with Crippen molar-refractivity contribution in [2.75, 3.05) is 0 Å². The van der Waals surface area contributed by atoms with Crippen molar-refractivity contribution in [1.29, 1.82) is 0 Å². The zero-order valence-electron chi connectivity index (χ0n) is 9.81. The van der Waals surface area contributed by atoms with Gasteiger partial charge in [0.25, 0.3) is 0 Å². The van der Waals surface area contributed by atoms with E-state index in [9.17, 15) is 4.79 Å². The van der Waals surface area contributed by atoms with Crippen LogP contribution >= 0.6 is 0 Å². The highest BCUT2D eigenvalue weighted by Crippen LogP contribution is 2.19. The lowest BCUT2D eigenvalue weighted by molar-refractivity contribution is -0.140. The minimum atomic E-state index is -0.412. The first-order chi connectivity index (χ1) is 8.18. The van der Waals surface area contributed by atoms with E-state index in [4.69, 9.17) is 0 Å². The van der Waals surface area contributed by atoms with Crippen LogP contribution in [0.1, 0.15) is 19.4 Å². The summed E-state index contributed by atoms with van der Waals surface area (Å²) in [6.45, 7) is 3.16. The van der Waals surface area contributed by atoms with Gasteiger partial charge in [-0.25, -0.2) is 4.79 Å². The van der Waals surface area contributed by atoms with Crippen LogP contribution in [0.4, 0.5) is 0 Å². The molecule has 0 atom stereocenters. The molecule has 0 aliphatic carbocycles. The van der Waals surface area contributed by atoms with E-state index in [1.165, 1.54) is 6.92 Å². The Labute approximate surface area is 99.7 Å². The average Bonchev–Trinajstić information content (AvgIpc) is 2.35.